The number of hydrogen-bond acceptors (Lipinski definition) is 3. The van der Waals surface area contributed by atoms with Crippen LogP contribution in [0.3, 0.4) is 0 Å². The van der Waals surface area contributed by atoms with Crippen LogP contribution in [-0.2, 0) is 16.2 Å². The van der Waals surface area contributed by atoms with E-state index in [9.17, 15) is 21.6 Å². The molecular formula is C12H17F3N2O2S. The van der Waals surface area contributed by atoms with Crippen molar-refractivity contribution in [1.29, 1.82) is 0 Å². The minimum absolute atomic E-state index is 0.0660. The van der Waals surface area contributed by atoms with Crippen molar-refractivity contribution in [3.05, 3.63) is 35.4 Å². The molecule has 20 heavy (non-hydrogen) atoms. The Bertz CT molecular complexity index is 544. The largest absolute Gasteiger partial charge is 0.416 e. The van der Waals surface area contributed by atoms with Gasteiger partial charge in [-0.15, -0.1) is 0 Å². The Morgan fingerprint density at radius 2 is 1.85 bits per heavy atom. The summed E-state index contributed by atoms with van der Waals surface area (Å²) in [7, 11) is -2.08. The molecule has 0 spiro atoms. The highest BCUT2D eigenvalue weighted by Gasteiger charge is 2.34. The summed E-state index contributed by atoms with van der Waals surface area (Å²) in [4.78, 5) is 0. The van der Waals surface area contributed by atoms with Gasteiger partial charge in [-0.3, -0.25) is 0 Å². The third-order valence-electron chi connectivity index (χ3n) is 2.87. The fourth-order valence-electron chi connectivity index (χ4n) is 1.75. The first kappa shape index (κ1) is 16.9. The van der Waals surface area contributed by atoms with Gasteiger partial charge in [-0.1, -0.05) is 18.2 Å². The topological polar surface area (TPSA) is 58.2 Å². The van der Waals surface area contributed by atoms with E-state index in [1.807, 2.05) is 0 Å². The van der Waals surface area contributed by atoms with Crippen molar-refractivity contribution in [1.82, 2.24) is 10.0 Å². The van der Waals surface area contributed by atoms with Crippen LogP contribution in [0.2, 0.25) is 0 Å². The van der Waals surface area contributed by atoms with Gasteiger partial charge in [0.25, 0.3) is 0 Å². The molecule has 0 heterocycles. The molecule has 0 radical (unpaired) electrons. The molecule has 1 aromatic rings. The Morgan fingerprint density at radius 1 is 1.25 bits per heavy atom. The average Bonchev–Trinajstić information content (AvgIpc) is 2.37. The van der Waals surface area contributed by atoms with Gasteiger partial charge in [-0.2, -0.15) is 13.2 Å². The van der Waals surface area contributed by atoms with Crippen LogP contribution in [0.25, 0.3) is 0 Å². The molecule has 0 aliphatic carbocycles. The van der Waals surface area contributed by atoms with E-state index in [2.05, 4.69) is 10.0 Å². The summed E-state index contributed by atoms with van der Waals surface area (Å²) in [5.74, 6) is -0.192. The summed E-state index contributed by atoms with van der Waals surface area (Å²) in [5, 5.41) is 2.78. The van der Waals surface area contributed by atoms with E-state index in [4.69, 9.17) is 0 Å². The van der Waals surface area contributed by atoms with E-state index < -0.39 is 27.8 Å². The molecule has 0 aliphatic rings. The fraction of sp³-hybridized carbons (Fsp3) is 0.500. The molecule has 1 unspecified atom stereocenters. The predicted molar refractivity (Wildman–Crippen MR) is 70.7 cm³/mol. The highest BCUT2D eigenvalue weighted by molar-refractivity contribution is 7.89. The normalized spacial score (nSPS) is 14.2. The van der Waals surface area contributed by atoms with Crippen LogP contribution in [0.4, 0.5) is 13.2 Å². The number of nitrogens with one attached hydrogen (secondary N) is 2. The molecule has 1 aromatic carbocycles. The summed E-state index contributed by atoms with van der Waals surface area (Å²) < 4.78 is 63.1. The van der Waals surface area contributed by atoms with Gasteiger partial charge < -0.3 is 5.32 Å². The van der Waals surface area contributed by atoms with E-state index in [0.717, 1.165) is 6.07 Å². The smallest absolute Gasteiger partial charge is 0.309 e. The van der Waals surface area contributed by atoms with Crippen LogP contribution in [0, 0.1) is 0 Å². The lowest BCUT2D eigenvalue weighted by molar-refractivity contribution is -0.138. The second kappa shape index (κ2) is 6.55. The summed E-state index contributed by atoms with van der Waals surface area (Å²) in [6.45, 7) is 1.63. The zero-order valence-corrected chi connectivity index (χ0v) is 12.0. The SMILES string of the molecule is CNS(=O)(=O)CCNC(C)c1ccccc1C(F)(F)F. The molecule has 0 fully saturated rings. The first-order valence-corrected chi connectivity index (χ1v) is 7.63. The maximum atomic E-state index is 12.8. The van der Waals surface area contributed by atoms with Crippen molar-refractivity contribution in [3.8, 4) is 0 Å². The molecule has 4 nitrogen and oxygen atoms in total. The third kappa shape index (κ3) is 4.77. The number of halogens is 3. The zero-order valence-electron chi connectivity index (χ0n) is 11.2. The number of alkyl halides is 3. The summed E-state index contributed by atoms with van der Waals surface area (Å²) in [5.41, 5.74) is -0.613. The van der Waals surface area contributed by atoms with Gasteiger partial charge in [-0.05, 0) is 25.6 Å². The lowest BCUT2D eigenvalue weighted by Crippen LogP contribution is -2.31. The molecule has 114 valence electrons. The van der Waals surface area contributed by atoms with Crippen molar-refractivity contribution >= 4 is 10.0 Å². The molecule has 0 saturated carbocycles. The van der Waals surface area contributed by atoms with Crippen LogP contribution in [0.5, 0.6) is 0 Å². The summed E-state index contributed by atoms with van der Waals surface area (Å²) >= 11 is 0. The molecule has 0 amide bonds. The highest BCUT2D eigenvalue weighted by Crippen LogP contribution is 2.34. The van der Waals surface area contributed by atoms with Crippen LogP contribution in [-0.4, -0.2) is 27.8 Å². The molecule has 8 heteroatoms. The van der Waals surface area contributed by atoms with Gasteiger partial charge in [0, 0.05) is 12.6 Å². The lowest BCUT2D eigenvalue weighted by atomic mass is 10.0. The monoisotopic (exact) mass is 310 g/mol. The predicted octanol–water partition coefficient (Wildman–Crippen LogP) is 1.91. The van der Waals surface area contributed by atoms with E-state index in [1.54, 1.807) is 6.92 Å². The number of sulfonamides is 1. The Labute approximate surface area is 116 Å². The standard InChI is InChI=1S/C12H17F3N2O2S/c1-9(17-7-8-20(18,19)16-2)10-5-3-4-6-11(10)12(13,14)15/h3-6,9,16-17H,7-8H2,1-2H3. The van der Waals surface area contributed by atoms with Crippen LogP contribution < -0.4 is 10.0 Å². The minimum Gasteiger partial charge on any atom is -0.309 e. The molecule has 1 rings (SSSR count). The average molecular weight is 310 g/mol. The van der Waals surface area contributed by atoms with Crippen LogP contribution in [0.15, 0.2) is 24.3 Å². The lowest BCUT2D eigenvalue weighted by Gasteiger charge is -2.19. The second-order valence-electron chi connectivity index (χ2n) is 4.28. The van der Waals surface area contributed by atoms with Crippen molar-refractivity contribution < 1.29 is 21.6 Å². The van der Waals surface area contributed by atoms with E-state index in [0.29, 0.717) is 0 Å². The van der Waals surface area contributed by atoms with Crippen molar-refractivity contribution in [2.45, 2.75) is 19.1 Å². The molecular weight excluding hydrogens is 293 g/mol. The Kier molecular flexibility index (Phi) is 5.55. The molecule has 0 aliphatic heterocycles. The van der Waals surface area contributed by atoms with Crippen LogP contribution in [0.1, 0.15) is 24.1 Å². The quantitative estimate of drug-likeness (QED) is 0.844. The minimum atomic E-state index is -4.43. The molecule has 0 bridgehead atoms. The number of benzene rings is 1. The van der Waals surface area contributed by atoms with Crippen molar-refractivity contribution in [2.75, 3.05) is 19.3 Å². The van der Waals surface area contributed by atoms with E-state index >= 15 is 0 Å². The highest BCUT2D eigenvalue weighted by atomic mass is 32.2. The maximum Gasteiger partial charge on any atom is 0.416 e. The van der Waals surface area contributed by atoms with Crippen molar-refractivity contribution in [3.63, 3.8) is 0 Å². The van der Waals surface area contributed by atoms with Gasteiger partial charge in [0.1, 0.15) is 0 Å². The van der Waals surface area contributed by atoms with Gasteiger partial charge >= 0.3 is 6.18 Å². The van der Waals surface area contributed by atoms with Gasteiger partial charge in [0.2, 0.25) is 10.0 Å². The Hall–Kier alpha value is -1.12. The number of rotatable bonds is 6. The first-order chi connectivity index (χ1) is 9.17. The number of hydrogen-bond donors (Lipinski definition) is 2. The molecule has 2 N–H and O–H groups in total. The zero-order chi connectivity index (χ0) is 15.4. The van der Waals surface area contributed by atoms with E-state index in [-0.39, 0.29) is 17.9 Å². The Balaban J connectivity index is 2.76. The second-order valence-corrected chi connectivity index (χ2v) is 6.33. The van der Waals surface area contributed by atoms with Gasteiger partial charge in [0.15, 0.2) is 0 Å². The summed E-state index contributed by atoms with van der Waals surface area (Å²) in [6.07, 6.45) is -4.43. The van der Waals surface area contributed by atoms with Gasteiger partial charge in [0.05, 0.1) is 11.3 Å². The van der Waals surface area contributed by atoms with Gasteiger partial charge in [-0.25, -0.2) is 13.1 Å². The first-order valence-electron chi connectivity index (χ1n) is 5.98. The Morgan fingerprint density at radius 3 is 2.40 bits per heavy atom. The third-order valence-corrected chi connectivity index (χ3v) is 4.23. The van der Waals surface area contributed by atoms with E-state index in [1.165, 1.54) is 25.2 Å². The molecule has 1 atom stereocenters. The fourth-order valence-corrected chi connectivity index (χ4v) is 2.35. The molecule has 0 saturated heterocycles. The maximum absolute atomic E-state index is 12.8. The summed E-state index contributed by atoms with van der Waals surface area (Å²) in [6, 6.07) is 4.64. The van der Waals surface area contributed by atoms with Crippen LogP contribution >= 0.6 is 0 Å². The molecule has 0 aromatic heterocycles. The van der Waals surface area contributed by atoms with Crippen molar-refractivity contribution in [2.24, 2.45) is 0 Å².